The van der Waals surface area contributed by atoms with Crippen LogP contribution >= 0.6 is 0 Å². The Kier molecular flexibility index (Phi) is 1.06. The summed E-state index contributed by atoms with van der Waals surface area (Å²) in [6.07, 6.45) is 2.12. The summed E-state index contributed by atoms with van der Waals surface area (Å²) in [6.45, 7) is 2.79. The molecular formula is C7H12N2O. The average molecular weight is 140 g/mol. The highest BCUT2D eigenvalue weighted by molar-refractivity contribution is 5.87. The van der Waals surface area contributed by atoms with Crippen molar-refractivity contribution >= 4 is 5.91 Å². The van der Waals surface area contributed by atoms with Crippen LogP contribution in [0.25, 0.3) is 0 Å². The van der Waals surface area contributed by atoms with Gasteiger partial charge in [0.25, 0.3) is 0 Å². The second-order valence-electron chi connectivity index (χ2n) is 3.42. The molecule has 2 heterocycles. The molecule has 0 radical (unpaired) electrons. The summed E-state index contributed by atoms with van der Waals surface area (Å²) in [7, 11) is 0. The van der Waals surface area contributed by atoms with Crippen LogP contribution in [-0.2, 0) is 4.79 Å². The first-order valence-electron chi connectivity index (χ1n) is 3.77. The summed E-state index contributed by atoms with van der Waals surface area (Å²) in [5.41, 5.74) is -0.247. The Morgan fingerprint density at radius 1 is 1.70 bits per heavy atom. The van der Waals surface area contributed by atoms with Gasteiger partial charge < -0.3 is 5.32 Å². The van der Waals surface area contributed by atoms with E-state index < -0.39 is 0 Å². The fourth-order valence-electron chi connectivity index (χ4n) is 1.80. The van der Waals surface area contributed by atoms with Crippen LogP contribution in [0.4, 0.5) is 0 Å². The average Bonchev–Trinajstić information content (AvgIpc) is 2.22. The zero-order chi connectivity index (χ0) is 7.19. The Bertz CT molecular complexity index is 180. The molecule has 0 saturated carbocycles. The van der Waals surface area contributed by atoms with E-state index in [1.165, 1.54) is 0 Å². The lowest BCUT2D eigenvalue weighted by Crippen LogP contribution is -2.60. The Morgan fingerprint density at radius 2 is 2.50 bits per heavy atom. The number of amides is 1. The van der Waals surface area contributed by atoms with Gasteiger partial charge in [-0.1, -0.05) is 0 Å². The molecule has 0 aromatic heterocycles. The highest BCUT2D eigenvalue weighted by atomic mass is 16.2. The van der Waals surface area contributed by atoms with Gasteiger partial charge in [0.1, 0.15) is 0 Å². The van der Waals surface area contributed by atoms with E-state index >= 15 is 0 Å². The van der Waals surface area contributed by atoms with Crippen molar-refractivity contribution in [3.05, 3.63) is 0 Å². The molecule has 0 aliphatic carbocycles. The maximum Gasteiger partial charge on any atom is 0.240 e. The summed E-state index contributed by atoms with van der Waals surface area (Å²) >= 11 is 0. The molecule has 1 amide bonds. The van der Waals surface area contributed by atoms with Gasteiger partial charge in [0.2, 0.25) is 5.91 Å². The number of fused-ring (bicyclic) bond motifs is 2. The van der Waals surface area contributed by atoms with Gasteiger partial charge in [0, 0.05) is 12.6 Å². The van der Waals surface area contributed by atoms with Crippen molar-refractivity contribution in [1.29, 1.82) is 0 Å². The van der Waals surface area contributed by atoms with Crippen LogP contribution in [0.15, 0.2) is 0 Å². The molecule has 2 unspecified atom stereocenters. The van der Waals surface area contributed by atoms with E-state index in [-0.39, 0.29) is 11.4 Å². The summed E-state index contributed by atoms with van der Waals surface area (Å²) in [4.78, 5) is 11.2. The van der Waals surface area contributed by atoms with E-state index in [9.17, 15) is 4.79 Å². The summed E-state index contributed by atoms with van der Waals surface area (Å²) in [6, 6.07) is 0.530. The maximum atomic E-state index is 11.2. The molecule has 2 fully saturated rings. The third-order valence-electron chi connectivity index (χ3n) is 2.53. The van der Waals surface area contributed by atoms with Gasteiger partial charge in [-0.05, 0) is 19.8 Å². The summed E-state index contributed by atoms with van der Waals surface area (Å²) in [5.74, 6) is 0.168. The molecular weight excluding hydrogens is 128 g/mol. The maximum absolute atomic E-state index is 11.2. The third kappa shape index (κ3) is 0.669. The van der Waals surface area contributed by atoms with Gasteiger partial charge in [-0.3, -0.25) is 10.1 Å². The number of piperazine rings is 1. The second kappa shape index (κ2) is 1.72. The number of carbonyl (C=O) groups excluding carboxylic acids is 1. The van der Waals surface area contributed by atoms with Crippen LogP contribution in [-0.4, -0.2) is 24.0 Å². The fourth-order valence-corrected chi connectivity index (χ4v) is 1.80. The third-order valence-corrected chi connectivity index (χ3v) is 2.53. The van der Waals surface area contributed by atoms with Crippen molar-refractivity contribution in [3.63, 3.8) is 0 Å². The zero-order valence-electron chi connectivity index (χ0n) is 6.11. The highest BCUT2D eigenvalue weighted by Crippen LogP contribution is 2.25. The van der Waals surface area contributed by atoms with Crippen molar-refractivity contribution in [2.24, 2.45) is 0 Å². The molecule has 3 heteroatoms. The SMILES string of the molecule is CC12CCC(CNC1=O)N2. The van der Waals surface area contributed by atoms with Crippen molar-refractivity contribution in [2.45, 2.75) is 31.3 Å². The quantitative estimate of drug-likeness (QED) is 0.482. The molecule has 2 aliphatic rings. The normalized spacial score (nSPS) is 45.3. The van der Waals surface area contributed by atoms with Crippen molar-refractivity contribution in [3.8, 4) is 0 Å². The monoisotopic (exact) mass is 140 g/mol. The Balaban J connectivity index is 2.25. The second-order valence-corrected chi connectivity index (χ2v) is 3.42. The van der Waals surface area contributed by atoms with E-state index in [1.54, 1.807) is 0 Å². The van der Waals surface area contributed by atoms with E-state index in [0.29, 0.717) is 6.04 Å². The van der Waals surface area contributed by atoms with Crippen molar-refractivity contribution in [1.82, 2.24) is 10.6 Å². The number of hydrogen-bond donors (Lipinski definition) is 2. The smallest absolute Gasteiger partial charge is 0.240 e. The van der Waals surface area contributed by atoms with Gasteiger partial charge in [0.15, 0.2) is 0 Å². The summed E-state index contributed by atoms with van der Waals surface area (Å²) in [5, 5.41) is 6.19. The number of hydrogen-bond acceptors (Lipinski definition) is 2. The number of rotatable bonds is 0. The minimum absolute atomic E-state index is 0.168. The fraction of sp³-hybridized carbons (Fsp3) is 0.857. The van der Waals surface area contributed by atoms with Crippen LogP contribution in [0, 0.1) is 0 Å². The lowest BCUT2D eigenvalue weighted by Gasteiger charge is -2.29. The Labute approximate surface area is 60.2 Å². The highest BCUT2D eigenvalue weighted by Gasteiger charge is 2.43. The van der Waals surface area contributed by atoms with E-state index in [0.717, 1.165) is 19.4 Å². The first-order chi connectivity index (χ1) is 4.71. The van der Waals surface area contributed by atoms with Crippen molar-refractivity contribution < 1.29 is 4.79 Å². The minimum Gasteiger partial charge on any atom is -0.353 e. The van der Waals surface area contributed by atoms with Gasteiger partial charge >= 0.3 is 0 Å². The van der Waals surface area contributed by atoms with Crippen LogP contribution in [0.5, 0.6) is 0 Å². The van der Waals surface area contributed by atoms with Crippen LogP contribution in [0.2, 0.25) is 0 Å². The molecule has 0 spiro atoms. The molecule has 2 saturated heterocycles. The molecule has 0 aromatic rings. The molecule has 3 nitrogen and oxygen atoms in total. The molecule has 56 valence electrons. The van der Waals surface area contributed by atoms with Gasteiger partial charge in [-0.25, -0.2) is 0 Å². The lowest BCUT2D eigenvalue weighted by molar-refractivity contribution is -0.127. The molecule has 0 aromatic carbocycles. The molecule has 2 N–H and O–H groups in total. The molecule has 2 bridgehead atoms. The van der Waals surface area contributed by atoms with Crippen LogP contribution < -0.4 is 10.6 Å². The van der Waals surface area contributed by atoms with Crippen LogP contribution in [0.3, 0.4) is 0 Å². The number of carbonyl (C=O) groups is 1. The predicted molar refractivity (Wildman–Crippen MR) is 37.6 cm³/mol. The van der Waals surface area contributed by atoms with E-state index in [1.807, 2.05) is 6.92 Å². The lowest BCUT2D eigenvalue weighted by atomic mass is 10.00. The first kappa shape index (κ1) is 6.16. The standard InChI is InChI=1S/C7H12N2O/c1-7-3-2-5(9-7)4-8-6(7)10/h5,9H,2-4H2,1H3,(H,8,10). The Hall–Kier alpha value is -0.570. The summed E-state index contributed by atoms with van der Waals surface area (Å²) < 4.78 is 0. The van der Waals surface area contributed by atoms with Gasteiger partial charge in [-0.15, -0.1) is 0 Å². The molecule has 10 heavy (non-hydrogen) atoms. The first-order valence-corrected chi connectivity index (χ1v) is 3.77. The molecule has 2 aliphatic heterocycles. The van der Waals surface area contributed by atoms with Gasteiger partial charge in [0.05, 0.1) is 5.54 Å². The topological polar surface area (TPSA) is 41.1 Å². The van der Waals surface area contributed by atoms with E-state index in [2.05, 4.69) is 10.6 Å². The predicted octanol–water partition coefficient (Wildman–Crippen LogP) is -0.373. The van der Waals surface area contributed by atoms with Crippen LogP contribution in [0.1, 0.15) is 19.8 Å². The largest absolute Gasteiger partial charge is 0.353 e. The van der Waals surface area contributed by atoms with E-state index in [4.69, 9.17) is 0 Å². The molecule has 2 atom stereocenters. The minimum atomic E-state index is -0.247. The Morgan fingerprint density at radius 3 is 3.20 bits per heavy atom. The van der Waals surface area contributed by atoms with Gasteiger partial charge in [-0.2, -0.15) is 0 Å². The van der Waals surface area contributed by atoms with Crippen molar-refractivity contribution in [2.75, 3.05) is 6.54 Å². The number of nitrogens with one attached hydrogen (secondary N) is 2. The molecule has 2 rings (SSSR count). The zero-order valence-corrected chi connectivity index (χ0v) is 6.11.